The van der Waals surface area contributed by atoms with Gasteiger partial charge < -0.3 is 20.1 Å². The van der Waals surface area contributed by atoms with Crippen LogP contribution >= 0.6 is 34.5 Å². The van der Waals surface area contributed by atoms with E-state index in [1.165, 1.54) is 11.3 Å². The summed E-state index contributed by atoms with van der Waals surface area (Å²) in [5.41, 5.74) is 1.96. The van der Waals surface area contributed by atoms with Crippen molar-refractivity contribution in [1.29, 1.82) is 0 Å². The molecule has 1 heterocycles. The van der Waals surface area contributed by atoms with Crippen LogP contribution in [0.1, 0.15) is 45.0 Å². The molecule has 1 aromatic heterocycles. The first-order valence-electron chi connectivity index (χ1n) is 10.7. The number of esters is 1. The van der Waals surface area contributed by atoms with Crippen LogP contribution in [0.25, 0.3) is 0 Å². The molecule has 0 fully saturated rings. The van der Waals surface area contributed by atoms with E-state index in [1.54, 1.807) is 56.3 Å². The van der Waals surface area contributed by atoms with Crippen LogP contribution in [0, 0.1) is 13.8 Å². The van der Waals surface area contributed by atoms with Crippen LogP contribution in [-0.4, -0.2) is 30.5 Å². The Morgan fingerprint density at radius 3 is 2.23 bits per heavy atom. The highest BCUT2D eigenvalue weighted by atomic mass is 35.5. The third-order valence-electron chi connectivity index (χ3n) is 5.02. The number of amides is 2. The van der Waals surface area contributed by atoms with Gasteiger partial charge in [0, 0.05) is 26.2 Å². The standard InChI is InChI=1S/C25H24Cl2N2O5S/c1-5-33-25(32)21-13(2)15(4)35-24(21)29-23(31)16-6-8-20(9-7-16)34-14(3)22(30)28-19-11-17(26)10-18(27)12-19/h6-12,14H,5H2,1-4H3,(H,28,30)(H,29,31). The molecular formula is C25H24Cl2N2O5S. The van der Waals surface area contributed by atoms with Crippen LogP contribution in [-0.2, 0) is 9.53 Å². The highest BCUT2D eigenvalue weighted by Crippen LogP contribution is 2.33. The van der Waals surface area contributed by atoms with Gasteiger partial charge in [-0.2, -0.15) is 0 Å². The maximum absolute atomic E-state index is 12.8. The lowest BCUT2D eigenvalue weighted by molar-refractivity contribution is -0.122. The molecule has 0 spiro atoms. The number of rotatable bonds is 8. The zero-order chi connectivity index (χ0) is 25.7. The van der Waals surface area contributed by atoms with Gasteiger partial charge in [0.25, 0.3) is 11.8 Å². The number of anilines is 2. The van der Waals surface area contributed by atoms with E-state index in [2.05, 4.69) is 10.6 Å². The second kappa shape index (κ2) is 11.6. The second-order valence-corrected chi connectivity index (χ2v) is 9.69. The molecule has 2 aromatic carbocycles. The van der Waals surface area contributed by atoms with Crippen LogP contribution in [0.5, 0.6) is 5.75 Å². The number of ether oxygens (including phenoxy) is 2. The molecule has 0 bridgehead atoms. The first-order chi connectivity index (χ1) is 16.6. The van der Waals surface area contributed by atoms with Crippen LogP contribution in [0.4, 0.5) is 10.7 Å². The summed E-state index contributed by atoms with van der Waals surface area (Å²) in [7, 11) is 0. The number of carbonyl (C=O) groups is 3. The van der Waals surface area contributed by atoms with E-state index < -0.39 is 12.1 Å². The molecule has 0 radical (unpaired) electrons. The van der Waals surface area contributed by atoms with Gasteiger partial charge in [0.1, 0.15) is 10.8 Å². The Morgan fingerprint density at radius 1 is 1.00 bits per heavy atom. The molecule has 35 heavy (non-hydrogen) atoms. The van der Waals surface area contributed by atoms with E-state index in [0.29, 0.717) is 37.6 Å². The lowest BCUT2D eigenvalue weighted by Crippen LogP contribution is -2.30. The Hall–Kier alpha value is -3.07. The van der Waals surface area contributed by atoms with Crippen molar-refractivity contribution in [3.05, 3.63) is 74.1 Å². The summed E-state index contributed by atoms with van der Waals surface area (Å²) in [6.07, 6.45) is -0.823. The monoisotopic (exact) mass is 534 g/mol. The maximum Gasteiger partial charge on any atom is 0.341 e. The van der Waals surface area contributed by atoms with Crippen molar-refractivity contribution in [2.75, 3.05) is 17.2 Å². The normalized spacial score (nSPS) is 11.5. The Labute approximate surface area is 217 Å². The van der Waals surface area contributed by atoms with Crippen molar-refractivity contribution in [2.24, 2.45) is 0 Å². The van der Waals surface area contributed by atoms with Gasteiger partial charge in [0.05, 0.1) is 12.2 Å². The minimum Gasteiger partial charge on any atom is -0.481 e. The average Bonchev–Trinajstić information content (AvgIpc) is 3.06. The van der Waals surface area contributed by atoms with Gasteiger partial charge in [0.15, 0.2) is 6.10 Å². The van der Waals surface area contributed by atoms with Gasteiger partial charge in [-0.05, 0) is 75.7 Å². The van der Waals surface area contributed by atoms with Crippen LogP contribution in [0.15, 0.2) is 42.5 Å². The third kappa shape index (κ3) is 6.75. The molecule has 1 unspecified atom stereocenters. The van der Waals surface area contributed by atoms with Gasteiger partial charge in [-0.1, -0.05) is 23.2 Å². The average molecular weight is 535 g/mol. The number of aryl methyl sites for hydroxylation is 1. The highest BCUT2D eigenvalue weighted by molar-refractivity contribution is 7.16. The van der Waals surface area contributed by atoms with E-state index >= 15 is 0 Å². The molecule has 1 atom stereocenters. The van der Waals surface area contributed by atoms with Crippen molar-refractivity contribution >= 4 is 63.0 Å². The van der Waals surface area contributed by atoms with Crippen molar-refractivity contribution in [1.82, 2.24) is 0 Å². The summed E-state index contributed by atoms with van der Waals surface area (Å²) in [6, 6.07) is 11.0. The van der Waals surface area contributed by atoms with Gasteiger partial charge >= 0.3 is 5.97 Å². The number of benzene rings is 2. The van der Waals surface area contributed by atoms with Crippen molar-refractivity contribution in [2.45, 2.75) is 33.8 Å². The lowest BCUT2D eigenvalue weighted by atomic mass is 10.1. The molecule has 3 rings (SSSR count). The molecule has 10 heteroatoms. The molecule has 2 amide bonds. The fraction of sp³-hybridized carbons (Fsp3) is 0.240. The SMILES string of the molecule is CCOC(=O)c1c(NC(=O)c2ccc(OC(C)C(=O)Nc3cc(Cl)cc(Cl)c3)cc2)sc(C)c1C. The molecule has 184 valence electrons. The third-order valence-corrected chi connectivity index (χ3v) is 6.58. The van der Waals surface area contributed by atoms with E-state index in [0.717, 1.165) is 10.4 Å². The summed E-state index contributed by atoms with van der Waals surface area (Å²) in [5.74, 6) is -0.837. The zero-order valence-corrected chi connectivity index (χ0v) is 21.9. The molecule has 0 aliphatic heterocycles. The minimum atomic E-state index is -0.823. The Bertz CT molecular complexity index is 1240. The first kappa shape index (κ1) is 26.5. The summed E-state index contributed by atoms with van der Waals surface area (Å²) < 4.78 is 10.8. The second-order valence-electron chi connectivity index (χ2n) is 7.59. The van der Waals surface area contributed by atoms with E-state index in [9.17, 15) is 14.4 Å². The molecule has 3 aromatic rings. The van der Waals surface area contributed by atoms with E-state index in [-0.39, 0.29) is 18.4 Å². The van der Waals surface area contributed by atoms with Gasteiger partial charge in [-0.15, -0.1) is 11.3 Å². The molecule has 2 N–H and O–H groups in total. The number of halogens is 2. The molecule has 0 saturated heterocycles. The topological polar surface area (TPSA) is 93.7 Å². The molecule has 0 aliphatic rings. The Morgan fingerprint density at radius 2 is 1.63 bits per heavy atom. The minimum absolute atomic E-state index is 0.241. The van der Waals surface area contributed by atoms with Crippen LogP contribution in [0.2, 0.25) is 10.0 Å². The molecule has 7 nitrogen and oxygen atoms in total. The van der Waals surface area contributed by atoms with Crippen molar-refractivity contribution in [3.8, 4) is 5.75 Å². The van der Waals surface area contributed by atoms with Gasteiger partial charge in [-0.3, -0.25) is 9.59 Å². The Balaban J connectivity index is 1.65. The first-order valence-corrected chi connectivity index (χ1v) is 12.3. The van der Waals surface area contributed by atoms with Crippen molar-refractivity contribution < 1.29 is 23.9 Å². The molecular weight excluding hydrogens is 511 g/mol. The van der Waals surface area contributed by atoms with Crippen molar-refractivity contribution in [3.63, 3.8) is 0 Å². The fourth-order valence-corrected chi connectivity index (χ4v) is 4.72. The number of thiophene rings is 1. The molecule has 0 aliphatic carbocycles. The predicted octanol–water partition coefficient (Wildman–Crippen LogP) is 6.51. The number of nitrogens with one attached hydrogen (secondary N) is 2. The number of hydrogen-bond acceptors (Lipinski definition) is 6. The largest absolute Gasteiger partial charge is 0.481 e. The fourth-order valence-electron chi connectivity index (χ4n) is 3.15. The molecule has 0 saturated carbocycles. The predicted molar refractivity (Wildman–Crippen MR) is 139 cm³/mol. The summed E-state index contributed by atoms with van der Waals surface area (Å²) in [6.45, 7) is 7.26. The lowest BCUT2D eigenvalue weighted by Gasteiger charge is -2.15. The van der Waals surface area contributed by atoms with Gasteiger partial charge in [0.2, 0.25) is 0 Å². The zero-order valence-electron chi connectivity index (χ0n) is 19.5. The Kier molecular flexibility index (Phi) is 8.77. The maximum atomic E-state index is 12.8. The summed E-state index contributed by atoms with van der Waals surface area (Å²) in [5, 5.41) is 6.73. The number of hydrogen-bond donors (Lipinski definition) is 2. The van der Waals surface area contributed by atoms with Gasteiger partial charge in [-0.25, -0.2) is 4.79 Å². The van der Waals surface area contributed by atoms with Crippen LogP contribution < -0.4 is 15.4 Å². The van der Waals surface area contributed by atoms with E-state index in [1.807, 2.05) is 13.8 Å². The summed E-state index contributed by atoms with van der Waals surface area (Å²) >= 11 is 13.2. The van der Waals surface area contributed by atoms with E-state index in [4.69, 9.17) is 32.7 Å². The smallest absolute Gasteiger partial charge is 0.341 e. The summed E-state index contributed by atoms with van der Waals surface area (Å²) in [4.78, 5) is 38.5. The highest BCUT2D eigenvalue weighted by Gasteiger charge is 2.22. The quantitative estimate of drug-likeness (QED) is 0.321. The number of carbonyl (C=O) groups excluding carboxylic acids is 3. The van der Waals surface area contributed by atoms with Crippen LogP contribution in [0.3, 0.4) is 0 Å².